The van der Waals surface area contributed by atoms with Crippen molar-refractivity contribution in [1.29, 1.82) is 0 Å². The van der Waals surface area contributed by atoms with Crippen molar-refractivity contribution in [3.63, 3.8) is 0 Å². The minimum absolute atomic E-state index is 0.210. The molecule has 1 aliphatic rings. The number of nitrogens with zero attached hydrogens (tertiary/aromatic N) is 1. The smallest absolute Gasteiger partial charge is 0.319 e. The van der Waals surface area contributed by atoms with Gasteiger partial charge in [0.25, 0.3) is 5.91 Å². The van der Waals surface area contributed by atoms with E-state index in [0.717, 1.165) is 12.0 Å². The monoisotopic (exact) mass is 333 g/mol. The number of likely N-dealkylation sites (tertiary alicyclic amines) is 1. The van der Waals surface area contributed by atoms with Crippen molar-refractivity contribution < 1.29 is 28.7 Å². The number of carbonyl (C=O) groups excluding carboxylic acids is 4. The normalized spacial score (nSPS) is 20.2. The van der Waals surface area contributed by atoms with E-state index in [1.807, 2.05) is 0 Å². The number of rotatable bonds is 4. The van der Waals surface area contributed by atoms with Crippen molar-refractivity contribution >= 4 is 23.8 Å². The van der Waals surface area contributed by atoms with Crippen LogP contribution in [0, 0.1) is 11.8 Å². The molecule has 1 heterocycles. The molecule has 2 rings (SSSR count). The zero-order valence-corrected chi connectivity index (χ0v) is 13.7. The Bertz CT molecular complexity index is 654. The van der Waals surface area contributed by atoms with Crippen LogP contribution in [0.5, 0.6) is 0 Å². The molecule has 1 aromatic carbocycles. The molecule has 0 radical (unpaired) electrons. The maximum Gasteiger partial charge on any atom is 0.319 e. The van der Waals surface area contributed by atoms with Gasteiger partial charge in [-0.2, -0.15) is 0 Å². The molecular weight excluding hydrogens is 314 g/mol. The molecule has 2 amide bonds. The Kier molecular flexibility index (Phi) is 5.33. The largest absolute Gasteiger partial charge is 0.468 e. The summed E-state index contributed by atoms with van der Waals surface area (Å²) in [7, 11) is 1.13. The van der Waals surface area contributed by atoms with Gasteiger partial charge in [0, 0.05) is 12.1 Å². The minimum atomic E-state index is -1.37. The van der Waals surface area contributed by atoms with Crippen LogP contribution in [0.25, 0.3) is 0 Å². The number of amides is 2. The van der Waals surface area contributed by atoms with Crippen LogP contribution in [0.15, 0.2) is 30.3 Å². The third kappa shape index (κ3) is 3.45. The molecule has 1 aromatic rings. The first kappa shape index (κ1) is 17.7. The van der Waals surface area contributed by atoms with Crippen molar-refractivity contribution in [2.75, 3.05) is 13.7 Å². The number of imide groups is 1. The standard InChI is InChI=1S/C17H19NO6/c1-10(2)24-16(21)12-9-18(15(20)13(12)17(22)23-3)14(19)11-7-5-4-6-8-11/h4-8,10,12-13H,9H2,1-3H3/t12-,13+/m0/s1. The van der Waals surface area contributed by atoms with Crippen LogP contribution in [-0.4, -0.2) is 48.4 Å². The first-order chi connectivity index (χ1) is 11.4. The number of methoxy groups -OCH3 is 1. The van der Waals surface area contributed by atoms with E-state index >= 15 is 0 Å². The van der Waals surface area contributed by atoms with Crippen molar-refractivity contribution in [3.8, 4) is 0 Å². The summed E-state index contributed by atoms with van der Waals surface area (Å²) in [6.07, 6.45) is -0.398. The van der Waals surface area contributed by atoms with Gasteiger partial charge in [0.2, 0.25) is 5.91 Å². The van der Waals surface area contributed by atoms with Crippen LogP contribution in [0.3, 0.4) is 0 Å². The highest BCUT2D eigenvalue weighted by atomic mass is 16.5. The molecule has 0 spiro atoms. The van der Waals surface area contributed by atoms with Crippen LogP contribution in [0.1, 0.15) is 24.2 Å². The number of benzene rings is 1. The van der Waals surface area contributed by atoms with Crippen molar-refractivity contribution in [1.82, 2.24) is 4.90 Å². The predicted octanol–water partition coefficient (Wildman–Crippen LogP) is 1.03. The van der Waals surface area contributed by atoms with E-state index in [9.17, 15) is 19.2 Å². The summed E-state index contributed by atoms with van der Waals surface area (Å²) in [5, 5.41) is 0. The van der Waals surface area contributed by atoms with Crippen molar-refractivity contribution in [2.45, 2.75) is 20.0 Å². The number of hydrogen-bond donors (Lipinski definition) is 0. The second-order valence-corrected chi connectivity index (χ2v) is 5.71. The molecule has 1 saturated heterocycles. The summed E-state index contributed by atoms with van der Waals surface area (Å²) < 4.78 is 9.72. The molecule has 24 heavy (non-hydrogen) atoms. The molecule has 0 aromatic heterocycles. The quantitative estimate of drug-likeness (QED) is 0.464. The van der Waals surface area contributed by atoms with E-state index in [-0.39, 0.29) is 6.54 Å². The lowest BCUT2D eigenvalue weighted by Gasteiger charge is -2.15. The van der Waals surface area contributed by atoms with Gasteiger partial charge < -0.3 is 9.47 Å². The van der Waals surface area contributed by atoms with Crippen LogP contribution in [-0.2, 0) is 23.9 Å². The highest BCUT2D eigenvalue weighted by Gasteiger charge is 2.52. The van der Waals surface area contributed by atoms with E-state index in [2.05, 4.69) is 4.74 Å². The maximum absolute atomic E-state index is 12.5. The van der Waals surface area contributed by atoms with Gasteiger partial charge in [-0.15, -0.1) is 0 Å². The number of esters is 2. The Balaban J connectivity index is 2.29. The van der Waals surface area contributed by atoms with Gasteiger partial charge >= 0.3 is 11.9 Å². The molecule has 1 aliphatic heterocycles. The first-order valence-electron chi connectivity index (χ1n) is 7.56. The maximum atomic E-state index is 12.5. The lowest BCUT2D eigenvalue weighted by Crippen LogP contribution is -2.36. The van der Waals surface area contributed by atoms with Gasteiger partial charge in [-0.25, -0.2) is 0 Å². The molecular formula is C17H19NO6. The Labute approximate surface area is 139 Å². The lowest BCUT2D eigenvalue weighted by atomic mass is 9.96. The van der Waals surface area contributed by atoms with E-state index < -0.39 is 41.7 Å². The Morgan fingerprint density at radius 1 is 1.12 bits per heavy atom. The lowest BCUT2D eigenvalue weighted by molar-refractivity contribution is -0.161. The fraction of sp³-hybridized carbons (Fsp3) is 0.412. The summed E-state index contributed by atoms with van der Waals surface area (Å²) in [5.41, 5.74) is 0.298. The zero-order valence-electron chi connectivity index (χ0n) is 13.7. The van der Waals surface area contributed by atoms with Gasteiger partial charge in [-0.1, -0.05) is 18.2 Å². The van der Waals surface area contributed by atoms with Gasteiger partial charge in [0.05, 0.1) is 19.1 Å². The van der Waals surface area contributed by atoms with Crippen LogP contribution >= 0.6 is 0 Å². The fourth-order valence-electron chi connectivity index (χ4n) is 2.57. The Morgan fingerprint density at radius 2 is 1.75 bits per heavy atom. The second-order valence-electron chi connectivity index (χ2n) is 5.71. The van der Waals surface area contributed by atoms with Crippen LogP contribution in [0.4, 0.5) is 0 Å². The SMILES string of the molecule is COC(=O)[C@H]1C(=O)N(C(=O)c2ccccc2)C[C@@H]1C(=O)OC(C)C. The molecule has 0 unspecified atom stereocenters. The van der Waals surface area contributed by atoms with E-state index in [4.69, 9.17) is 4.74 Å². The van der Waals surface area contributed by atoms with Gasteiger partial charge in [-0.3, -0.25) is 24.1 Å². The zero-order chi connectivity index (χ0) is 17.9. The number of ether oxygens (including phenoxy) is 2. The van der Waals surface area contributed by atoms with Gasteiger partial charge in [0.1, 0.15) is 0 Å². The summed E-state index contributed by atoms with van der Waals surface area (Å²) >= 11 is 0. The van der Waals surface area contributed by atoms with Crippen LogP contribution in [0.2, 0.25) is 0 Å². The Hall–Kier alpha value is -2.70. The third-order valence-corrected chi connectivity index (χ3v) is 3.69. The fourth-order valence-corrected chi connectivity index (χ4v) is 2.57. The highest BCUT2D eigenvalue weighted by Crippen LogP contribution is 2.29. The van der Waals surface area contributed by atoms with Crippen molar-refractivity contribution in [2.24, 2.45) is 11.8 Å². The summed E-state index contributed by atoms with van der Waals surface area (Å²) in [6, 6.07) is 8.18. The summed E-state index contributed by atoms with van der Waals surface area (Å²) in [5.74, 6) is -5.30. The third-order valence-electron chi connectivity index (χ3n) is 3.69. The van der Waals surface area contributed by atoms with E-state index in [1.54, 1.807) is 44.2 Å². The molecule has 7 heteroatoms. The van der Waals surface area contributed by atoms with Crippen molar-refractivity contribution in [3.05, 3.63) is 35.9 Å². The molecule has 7 nitrogen and oxygen atoms in total. The molecule has 1 fully saturated rings. The van der Waals surface area contributed by atoms with Gasteiger partial charge in [-0.05, 0) is 26.0 Å². The average molecular weight is 333 g/mol. The first-order valence-corrected chi connectivity index (χ1v) is 7.56. The molecule has 128 valence electrons. The van der Waals surface area contributed by atoms with E-state index in [1.165, 1.54) is 0 Å². The predicted molar refractivity (Wildman–Crippen MR) is 82.7 cm³/mol. The highest BCUT2D eigenvalue weighted by molar-refractivity contribution is 6.13. The van der Waals surface area contributed by atoms with E-state index in [0.29, 0.717) is 5.56 Å². The molecule has 0 saturated carbocycles. The molecule has 0 N–H and O–H groups in total. The molecule has 0 aliphatic carbocycles. The molecule has 2 atom stereocenters. The topological polar surface area (TPSA) is 90.0 Å². The van der Waals surface area contributed by atoms with Gasteiger partial charge in [0.15, 0.2) is 5.92 Å². The summed E-state index contributed by atoms with van der Waals surface area (Å²) in [4.78, 5) is 50.1. The number of carbonyl (C=O) groups is 4. The minimum Gasteiger partial charge on any atom is -0.468 e. The summed E-state index contributed by atoms with van der Waals surface area (Å²) in [6.45, 7) is 3.11. The van der Waals surface area contributed by atoms with Crippen LogP contribution < -0.4 is 0 Å². The second kappa shape index (κ2) is 7.25. The number of hydrogen-bond acceptors (Lipinski definition) is 6. The molecule has 0 bridgehead atoms. The average Bonchev–Trinajstić information content (AvgIpc) is 2.91. The Morgan fingerprint density at radius 3 is 2.29 bits per heavy atom.